The van der Waals surface area contributed by atoms with Crippen molar-refractivity contribution < 1.29 is 42.1 Å². The van der Waals surface area contributed by atoms with Gasteiger partial charge in [-0.2, -0.15) is 0 Å². The standard InChI is InChI=1S/C74H132NO8P/c1-6-8-10-12-14-16-18-20-22-24-26-28-30-32-33-34-35-36-37-38-39-40-41-43-45-47-49-51-53-55-57-59-61-63-65-67-74(77)83-72(71-82-84(78,79)81-69-68-75(3,4)5)70-80-73(76)66-64-62-60-58-56-54-52-50-48-46-44-42-31-29-27-25-23-21-19-17-15-13-11-9-7-2/h8-11,14-17,20-23,26-29,72H,6-7,12-13,18-19,24-25,30-71H2,1-5H3/p+1/b10-8-,11-9-,16-14-,17-15-,22-20-,23-21-,28-26-,29-27-. The van der Waals surface area contributed by atoms with Crippen LogP contribution in [0.4, 0.5) is 0 Å². The van der Waals surface area contributed by atoms with Crippen molar-refractivity contribution in [3.63, 3.8) is 0 Å². The Kier molecular flexibility index (Phi) is 62.1. The SMILES string of the molecule is CC/C=C\C/C=C\C/C=C\C/C=C\CCCCCCCCCCCCCCCCCCCCCCCCC(=O)OC(COC(=O)CCCCCCCCCCCCCC/C=C\C/C=C\C/C=C\C/C=C\CC)COP(=O)(O)OCC[N+](C)(C)C. The Hall–Kier alpha value is -3.07. The number of allylic oxidation sites excluding steroid dienone is 16. The number of hydrogen-bond donors (Lipinski definition) is 1. The molecular formula is C74H133NO8P+. The summed E-state index contributed by atoms with van der Waals surface area (Å²) in [5, 5.41) is 0. The Labute approximate surface area is 519 Å². The molecule has 0 spiro atoms. The number of ether oxygens (including phenoxy) is 2. The fraction of sp³-hybridized carbons (Fsp3) is 0.757. The lowest BCUT2D eigenvalue weighted by Gasteiger charge is -2.24. The number of esters is 2. The maximum Gasteiger partial charge on any atom is 0.472 e. The van der Waals surface area contributed by atoms with E-state index < -0.39 is 26.5 Å². The molecule has 84 heavy (non-hydrogen) atoms. The van der Waals surface area contributed by atoms with Gasteiger partial charge in [-0.15, -0.1) is 0 Å². The Balaban J connectivity index is 4.00. The second kappa shape index (κ2) is 64.4. The highest BCUT2D eigenvalue weighted by molar-refractivity contribution is 7.47. The van der Waals surface area contributed by atoms with Crippen molar-refractivity contribution in [3.8, 4) is 0 Å². The van der Waals surface area contributed by atoms with Gasteiger partial charge < -0.3 is 18.9 Å². The molecule has 10 heteroatoms. The number of unbranched alkanes of at least 4 members (excludes halogenated alkanes) is 34. The van der Waals surface area contributed by atoms with Gasteiger partial charge in [0.2, 0.25) is 0 Å². The summed E-state index contributed by atoms with van der Waals surface area (Å²) >= 11 is 0. The number of phosphoric ester groups is 1. The van der Waals surface area contributed by atoms with Crippen LogP contribution in [0, 0.1) is 0 Å². The number of rotatable bonds is 64. The van der Waals surface area contributed by atoms with Crippen LogP contribution in [0.1, 0.15) is 309 Å². The molecule has 486 valence electrons. The second-order valence-electron chi connectivity index (χ2n) is 24.5. The first-order valence-electron chi connectivity index (χ1n) is 35.0. The highest BCUT2D eigenvalue weighted by atomic mass is 31.2. The molecular weight excluding hydrogens is 1060 g/mol. The van der Waals surface area contributed by atoms with Gasteiger partial charge in [-0.25, -0.2) is 4.57 Å². The topological polar surface area (TPSA) is 108 Å². The maximum atomic E-state index is 12.9. The summed E-state index contributed by atoms with van der Waals surface area (Å²) < 4.78 is 34.7. The highest BCUT2D eigenvalue weighted by Gasteiger charge is 2.27. The molecule has 0 heterocycles. The lowest BCUT2D eigenvalue weighted by molar-refractivity contribution is -0.870. The minimum atomic E-state index is -4.39. The molecule has 0 aliphatic heterocycles. The van der Waals surface area contributed by atoms with E-state index in [1.54, 1.807) is 0 Å². The van der Waals surface area contributed by atoms with Crippen molar-refractivity contribution in [2.45, 2.75) is 315 Å². The molecule has 0 aliphatic carbocycles. The molecule has 9 nitrogen and oxygen atoms in total. The van der Waals surface area contributed by atoms with E-state index in [2.05, 4.69) is 111 Å². The molecule has 0 aromatic heterocycles. The largest absolute Gasteiger partial charge is 0.472 e. The van der Waals surface area contributed by atoms with Crippen molar-refractivity contribution in [2.24, 2.45) is 0 Å². The fourth-order valence-electron chi connectivity index (χ4n) is 9.83. The van der Waals surface area contributed by atoms with Crippen LogP contribution in [0.2, 0.25) is 0 Å². The van der Waals surface area contributed by atoms with E-state index in [1.807, 2.05) is 21.1 Å². The van der Waals surface area contributed by atoms with Gasteiger partial charge in [0.25, 0.3) is 0 Å². The van der Waals surface area contributed by atoms with Gasteiger partial charge in [0, 0.05) is 12.8 Å². The van der Waals surface area contributed by atoms with Crippen LogP contribution in [-0.2, 0) is 32.7 Å². The third kappa shape index (κ3) is 68.0. The minimum Gasteiger partial charge on any atom is -0.462 e. The van der Waals surface area contributed by atoms with Crippen LogP contribution in [0.3, 0.4) is 0 Å². The molecule has 0 saturated carbocycles. The number of carbonyl (C=O) groups is 2. The van der Waals surface area contributed by atoms with E-state index in [0.717, 1.165) is 83.5 Å². The minimum absolute atomic E-state index is 0.0300. The molecule has 2 atom stereocenters. The summed E-state index contributed by atoms with van der Waals surface area (Å²) in [6.07, 6.45) is 89.4. The highest BCUT2D eigenvalue weighted by Crippen LogP contribution is 2.43. The van der Waals surface area contributed by atoms with Crippen LogP contribution in [0.15, 0.2) is 97.2 Å². The van der Waals surface area contributed by atoms with Gasteiger partial charge in [0.15, 0.2) is 6.10 Å². The van der Waals surface area contributed by atoms with Crippen molar-refractivity contribution in [1.29, 1.82) is 0 Å². The van der Waals surface area contributed by atoms with Crippen LogP contribution < -0.4 is 0 Å². The zero-order valence-electron chi connectivity index (χ0n) is 55.4. The predicted molar refractivity (Wildman–Crippen MR) is 362 cm³/mol. The second-order valence-corrected chi connectivity index (χ2v) is 26.0. The zero-order valence-corrected chi connectivity index (χ0v) is 56.3. The molecule has 0 saturated heterocycles. The maximum absolute atomic E-state index is 12.9. The molecule has 0 aromatic rings. The van der Waals surface area contributed by atoms with E-state index in [-0.39, 0.29) is 32.0 Å². The predicted octanol–water partition coefficient (Wildman–Crippen LogP) is 22.7. The third-order valence-electron chi connectivity index (χ3n) is 15.1. The molecule has 0 radical (unpaired) electrons. The van der Waals surface area contributed by atoms with E-state index in [1.165, 1.54) is 193 Å². The third-order valence-corrected chi connectivity index (χ3v) is 16.1. The van der Waals surface area contributed by atoms with Crippen LogP contribution in [0.5, 0.6) is 0 Å². The Morgan fingerprint density at radius 1 is 0.369 bits per heavy atom. The molecule has 0 amide bonds. The quantitative estimate of drug-likeness (QED) is 0.0211. The van der Waals surface area contributed by atoms with Crippen LogP contribution >= 0.6 is 7.82 Å². The summed E-state index contributed by atoms with van der Waals surface area (Å²) in [4.78, 5) is 35.9. The molecule has 0 bridgehead atoms. The smallest absolute Gasteiger partial charge is 0.462 e. The number of likely N-dealkylation sites (N-methyl/N-ethyl adjacent to an activating group) is 1. The van der Waals surface area contributed by atoms with Crippen molar-refractivity contribution in [2.75, 3.05) is 47.5 Å². The van der Waals surface area contributed by atoms with Gasteiger partial charge in [-0.05, 0) is 89.9 Å². The molecule has 1 N–H and O–H groups in total. The molecule has 0 rings (SSSR count). The number of phosphoric acid groups is 1. The summed E-state index contributed by atoms with van der Waals surface area (Å²) in [6.45, 7) is 4.24. The first-order valence-corrected chi connectivity index (χ1v) is 36.5. The van der Waals surface area contributed by atoms with Gasteiger partial charge in [0.05, 0.1) is 27.7 Å². The first kappa shape index (κ1) is 80.9. The average molecular weight is 1200 g/mol. The summed E-state index contributed by atoms with van der Waals surface area (Å²) in [7, 11) is 1.48. The lowest BCUT2D eigenvalue weighted by Crippen LogP contribution is -2.37. The van der Waals surface area contributed by atoms with Gasteiger partial charge in [-0.3, -0.25) is 18.6 Å². The number of nitrogens with zero attached hydrogens (tertiary/aromatic N) is 1. The molecule has 0 aliphatic rings. The normalized spacial score (nSPS) is 13.7. The van der Waals surface area contributed by atoms with E-state index >= 15 is 0 Å². The Bertz CT molecular complexity index is 1740. The van der Waals surface area contributed by atoms with E-state index in [9.17, 15) is 19.0 Å². The molecule has 2 unspecified atom stereocenters. The first-order chi connectivity index (χ1) is 41.0. The van der Waals surface area contributed by atoms with Gasteiger partial charge >= 0.3 is 19.8 Å². The number of carbonyl (C=O) groups excluding carboxylic acids is 2. The van der Waals surface area contributed by atoms with Crippen LogP contribution in [-0.4, -0.2) is 74.9 Å². The monoisotopic (exact) mass is 1190 g/mol. The number of hydrogen-bond acceptors (Lipinski definition) is 7. The van der Waals surface area contributed by atoms with E-state index in [4.69, 9.17) is 18.5 Å². The number of quaternary nitrogens is 1. The van der Waals surface area contributed by atoms with Crippen molar-refractivity contribution >= 4 is 19.8 Å². The summed E-state index contributed by atoms with van der Waals surface area (Å²) in [5.41, 5.74) is 0. The fourth-order valence-corrected chi connectivity index (χ4v) is 10.6. The summed E-state index contributed by atoms with van der Waals surface area (Å²) in [5.74, 6) is -0.789. The average Bonchev–Trinajstić information content (AvgIpc) is 3.61. The lowest BCUT2D eigenvalue weighted by atomic mass is 10.0. The molecule has 0 aromatic carbocycles. The van der Waals surface area contributed by atoms with E-state index in [0.29, 0.717) is 17.4 Å². The van der Waals surface area contributed by atoms with Gasteiger partial charge in [-0.1, -0.05) is 304 Å². The van der Waals surface area contributed by atoms with Crippen molar-refractivity contribution in [1.82, 2.24) is 0 Å². The Morgan fingerprint density at radius 2 is 0.643 bits per heavy atom. The van der Waals surface area contributed by atoms with Gasteiger partial charge in [0.1, 0.15) is 19.8 Å². The Morgan fingerprint density at radius 3 is 0.952 bits per heavy atom. The summed E-state index contributed by atoms with van der Waals surface area (Å²) in [6, 6.07) is 0. The molecule has 0 fully saturated rings. The van der Waals surface area contributed by atoms with Crippen molar-refractivity contribution in [3.05, 3.63) is 97.2 Å². The van der Waals surface area contributed by atoms with Crippen LogP contribution in [0.25, 0.3) is 0 Å². The zero-order chi connectivity index (χ0) is 61.2.